The fraction of sp³-hybridized carbons (Fsp3) is 0.368. The van der Waals surface area contributed by atoms with Crippen LogP contribution in [0.3, 0.4) is 0 Å². The normalized spacial score (nSPS) is 19.6. The van der Waals surface area contributed by atoms with Gasteiger partial charge in [0.1, 0.15) is 0 Å². The van der Waals surface area contributed by atoms with E-state index in [2.05, 4.69) is 64.4 Å². The molecule has 2 unspecified atom stereocenters. The molecule has 2 aromatic heterocycles. The number of hydrogen-bond donors (Lipinski definition) is 3. The summed E-state index contributed by atoms with van der Waals surface area (Å²) in [5.41, 5.74) is 12.7. The van der Waals surface area contributed by atoms with Gasteiger partial charge in [-0.1, -0.05) is 30.3 Å². The van der Waals surface area contributed by atoms with E-state index in [9.17, 15) is 0 Å². The van der Waals surface area contributed by atoms with Gasteiger partial charge >= 0.3 is 0 Å². The molecule has 3 heterocycles. The maximum Gasteiger partial charge on any atom is 0.220 e. The van der Waals surface area contributed by atoms with Crippen LogP contribution in [-0.4, -0.2) is 27.0 Å². The van der Waals surface area contributed by atoms with Gasteiger partial charge in [-0.2, -0.15) is 0 Å². The van der Waals surface area contributed by atoms with Gasteiger partial charge in [0.15, 0.2) is 0 Å². The first-order valence-corrected chi connectivity index (χ1v) is 8.54. The molecule has 1 aliphatic heterocycles. The smallest absolute Gasteiger partial charge is 0.220 e. The van der Waals surface area contributed by atoms with Crippen molar-refractivity contribution in [2.24, 2.45) is 0 Å². The number of nitrogens with two attached hydrogens (primary N) is 1. The summed E-state index contributed by atoms with van der Waals surface area (Å²) in [5, 5.41) is 3.63. The van der Waals surface area contributed by atoms with E-state index in [4.69, 9.17) is 5.73 Å². The summed E-state index contributed by atoms with van der Waals surface area (Å²) in [5.74, 6) is 0.746. The predicted molar refractivity (Wildman–Crippen MR) is 108 cm³/mol. The molecular formula is C19H26ClN5O. The molecule has 2 atom stereocenters. The molecule has 0 radical (unpaired) electrons. The lowest BCUT2D eigenvalue weighted by atomic mass is 9.86. The average Bonchev–Trinajstić information content (AvgIpc) is 2.90. The zero-order valence-corrected chi connectivity index (χ0v) is 15.9. The number of rotatable bonds is 2. The van der Waals surface area contributed by atoms with Crippen molar-refractivity contribution >= 4 is 29.4 Å². The molecule has 0 bridgehead atoms. The zero-order valence-electron chi connectivity index (χ0n) is 15.0. The van der Waals surface area contributed by atoms with E-state index >= 15 is 0 Å². The lowest BCUT2D eigenvalue weighted by Gasteiger charge is -2.30. The Morgan fingerprint density at radius 1 is 1.12 bits per heavy atom. The molecule has 6 N–H and O–H groups in total. The number of halogens is 1. The molecule has 0 saturated carbocycles. The van der Waals surface area contributed by atoms with Crippen molar-refractivity contribution in [3.63, 3.8) is 0 Å². The van der Waals surface area contributed by atoms with E-state index in [0.29, 0.717) is 17.9 Å². The van der Waals surface area contributed by atoms with Gasteiger partial charge < -0.3 is 21.5 Å². The molecule has 140 valence electrons. The zero-order chi connectivity index (χ0) is 16.7. The second kappa shape index (κ2) is 8.03. The number of benzene rings is 1. The van der Waals surface area contributed by atoms with Gasteiger partial charge in [-0.15, -0.1) is 12.4 Å². The van der Waals surface area contributed by atoms with Crippen LogP contribution in [0.15, 0.2) is 30.3 Å². The van der Waals surface area contributed by atoms with Crippen molar-refractivity contribution in [2.75, 3.05) is 12.3 Å². The van der Waals surface area contributed by atoms with Gasteiger partial charge in [0, 0.05) is 17.7 Å². The predicted octanol–water partition coefficient (Wildman–Crippen LogP) is 2.96. The topological polar surface area (TPSA) is 111 Å². The summed E-state index contributed by atoms with van der Waals surface area (Å²) in [6.07, 6.45) is 2.08. The minimum Gasteiger partial charge on any atom is -0.412 e. The van der Waals surface area contributed by atoms with E-state index < -0.39 is 0 Å². The van der Waals surface area contributed by atoms with E-state index in [0.717, 1.165) is 47.4 Å². The van der Waals surface area contributed by atoms with Gasteiger partial charge in [0.05, 0.1) is 16.7 Å². The van der Waals surface area contributed by atoms with Crippen LogP contribution < -0.4 is 11.1 Å². The molecule has 1 aromatic carbocycles. The molecule has 7 heteroatoms. The molecule has 1 fully saturated rings. The van der Waals surface area contributed by atoms with Gasteiger partial charge in [-0.25, -0.2) is 9.97 Å². The molecular weight excluding hydrogens is 350 g/mol. The number of piperidine rings is 1. The van der Waals surface area contributed by atoms with Crippen molar-refractivity contribution in [1.29, 1.82) is 0 Å². The Balaban J connectivity index is 0.00000121. The van der Waals surface area contributed by atoms with Crippen LogP contribution in [-0.2, 0) is 0 Å². The highest BCUT2D eigenvalue weighted by molar-refractivity contribution is 5.85. The number of aromatic amines is 1. The minimum absolute atomic E-state index is 0. The van der Waals surface area contributed by atoms with Crippen molar-refractivity contribution in [3.05, 3.63) is 52.8 Å². The lowest BCUT2D eigenvalue weighted by Crippen LogP contribution is -2.31. The third kappa shape index (κ3) is 3.53. The fourth-order valence-corrected chi connectivity index (χ4v) is 3.75. The highest BCUT2D eigenvalue weighted by atomic mass is 35.5. The molecule has 26 heavy (non-hydrogen) atoms. The number of aromatic nitrogens is 3. The summed E-state index contributed by atoms with van der Waals surface area (Å²) in [4.78, 5) is 12.5. The Kier molecular flexibility index (Phi) is 6.23. The maximum atomic E-state index is 6.00. The Bertz CT molecular complexity index is 881. The minimum atomic E-state index is 0. The standard InChI is InChI=1S/C19H23N5.ClH.H2O/c1-11-12(2)22-18-16(11)23-19(20)24-17(18)14-8-9-21-15(10-14)13-6-4-3-5-7-13;;/h3-7,14-15,21-22H,8-10H2,1-2H3,(H2,20,23,24);1H;1H2. The summed E-state index contributed by atoms with van der Waals surface area (Å²) in [6, 6.07) is 11.0. The maximum absolute atomic E-state index is 6.00. The summed E-state index contributed by atoms with van der Waals surface area (Å²) in [6.45, 7) is 5.14. The first-order valence-electron chi connectivity index (χ1n) is 8.54. The van der Waals surface area contributed by atoms with Crippen molar-refractivity contribution in [1.82, 2.24) is 20.3 Å². The molecule has 0 amide bonds. The number of aryl methyl sites for hydroxylation is 2. The van der Waals surface area contributed by atoms with Gasteiger partial charge in [0.25, 0.3) is 0 Å². The van der Waals surface area contributed by atoms with Crippen LogP contribution in [0.5, 0.6) is 0 Å². The molecule has 1 saturated heterocycles. The molecule has 0 spiro atoms. The Labute approximate surface area is 159 Å². The van der Waals surface area contributed by atoms with E-state index in [1.54, 1.807) is 0 Å². The first-order chi connectivity index (χ1) is 11.6. The summed E-state index contributed by atoms with van der Waals surface area (Å²) < 4.78 is 0. The molecule has 3 aromatic rings. The second-order valence-corrected chi connectivity index (χ2v) is 6.70. The largest absolute Gasteiger partial charge is 0.412 e. The van der Waals surface area contributed by atoms with Gasteiger partial charge in [0.2, 0.25) is 5.95 Å². The molecule has 4 rings (SSSR count). The van der Waals surface area contributed by atoms with Crippen LogP contribution in [0.2, 0.25) is 0 Å². The monoisotopic (exact) mass is 375 g/mol. The lowest BCUT2D eigenvalue weighted by molar-refractivity contribution is 0.366. The summed E-state index contributed by atoms with van der Waals surface area (Å²) in [7, 11) is 0. The number of anilines is 1. The van der Waals surface area contributed by atoms with Crippen LogP contribution in [0, 0.1) is 13.8 Å². The SMILES string of the molecule is Cc1[nH]c2c(C3CCNC(c4ccccc4)C3)nc(N)nc2c1C.Cl.O. The number of nitrogen functional groups attached to an aromatic ring is 1. The third-order valence-electron chi connectivity index (χ3n) is 5.18. The van der Waals surface area contributed by atoms with Crippen molar-refractivity contribution in [2.45, 2.75) is 38.6 Å². The molecule has 6 nitrogen and oxygen atoms in total. The first kappa shape index (κ1) is 20.2. The highest BCUT2D eigenvalue weighted by Gasteiger charge is 2.27. The number of fused-ring (bicyclic) bond motifs is 1. The Morgan fingerprint density at radius 3 is 2.58 bits per heavy atom. The van der Waals surface area contributed by atoms with E-state index in [-0.39, 0.29) is 17.9 Å². The van der Waals surface area contributed by atoms with Gasteiger partial charge in [-0.3, -0.25) is 0 Å². The number of nitrogens with one attached hydrogen (secondary N) is 2. The van der Waals surface area contributed by atoms with E-state index in [1.165, 1.54) is 5.56 Å². The van der Waals surface area contributed by atoms with E-state index in [1.807, 2.05) is 0 Å². The van der Waals surface area contributed by atoms with Crippen LogP contribution in [0.1, 0.15) is 47.3 Å². The van der Waals surface area contributed by atoms with Crippen molar-refractivity contribution in [3.8, 4) is 0 Å². The Morgan fingerprint density at radius 2 is 1.85 bits per heavy atom. The molecule has 1 aliphatic rings. The number of nitrogens with zero attached hydrogens (tertiary/aromatic N) is 2. The third-order valence-corrected chi connectivity index (χ3v) is 5.18. The Hall–Kier alpha value is -2.15. The average molecular weight is 376 g/mol. The number of hydrogen-bond acceptors (Lipinski definition) is 4. The van der Waals surface area contributed by atoms with Crippen molar-refractivity contribution < 1.29 is 5.48 Å². The van der Waals surface area contributed by atoms with Gasteiger partial charge in [-0.05, 0) is 44.4 Å². The quantitative estimate of drug-likeness (QED) is 0.639. The summed E-state index contributed by atoms with van der Waals surface area (Å²) >= 11 is 0. The fourth-order valence-electron chi connectivity index (χ4n) is 3.75. The number of H-pyrrole nitrogens is 1. The van der Waals surface area contributed by atoms with Crippen LogP contribution >= 0.6 is 12.4 Å². The molecule has 0 aliphatic carbocycles. The van der Waals surface area contributed by atoms with Crippen LogP contribution in [0.25, 0.3) is 11.0 Å². The van der Waals surface area contributed by atoms with Crippen LogP contribution in [0.4, 0.5) is 5.95 Å². The highest BCUT2D eigenvalue weighted by Crippen LogP contribution is 2.36. The second-order valence-electron chi connectivity index (χ2n) is 6.70.